The molecule has 5 aromatic rings. The summed E-state index contributed by atoms with van der Waals surface area (Å²) in [5, 5.41) is 10.8. The maximum atomic E-state index is 2.31. The lowest BCUT2D eigenvalue weighted by Gasteiger charge is -2.13. The van der Waals surface area contributed by atoms with E-state index >= 15 is 0 Å². The van der Waals surface area contributed by atoms with Crippen molar-refractivity contribution in [2.45, 2.75) is 27.7 Å². The van der Waals surface area contributed by atoms with E-state index in [1.165, 1.54) is 65.3 Å². The Bertz CT molecular complexity index is 1250. The Labute approximate surface area is 154 Å². The van der Waals surface area contributed by atoms with Gasteiger partial charge in [0.15, 0.2) is 0 Å². The zero-order valence-corrected chi connectivity index (χ0v) is 15.8. The molecule has 0 heterocycles. The molecule has 5 rings (SSSR count). The van der Waals surface area contributed by atoms with E-state index in [0.29, 0.717) is 0 Å². The van der Waals surface area contributed by atoms with Gasteiger partial charge in [-0.05, 0) is 93.0 Å². The summed E-state index contributed by atoms with van der Waals surface area (Å²) in [6.45, 7) is 8.83. The molecular formula is C26H22. The lowest BCUT2D eigenvalue weighted by atomic mass is 9.91. The zero-order chi connectivity index (χ0) is 18.0. The molecule has 5 aromatic carbocycles. The molecule has 0 unspecified atom stereocenters. The van der Waals surface area contributed by atoms with E-state index in [9.17, 15) is 0 Å². The SMILES string of the molecule is Cc1ccc2c(ccc3c2ccc2c4ccc(C)c(C)c4ccc23)c1C. The van der Waals surface area contributed by atoms with Gasteiger partial charge in [0.1, 0.15) is 0 Å². The second-order valence-electron chi connectivity index (χ2n) is 7.59. The predicted molar refractivity (Wildman–Crippen MR) is 115 cm³/mol. The van der Waals surface area contributed by atoms with Crippen LogP contribution in [0.4, 0.5) is 0 Å². The molecule has 0 aliphatic carbocycles. The lowest BCUT2D eigenvalue weighted by Crippen LogP contribution is -1.88. The first-order valence-corrected chi connectivity index (χ1v) is 9.30. The van der Waals surface area contributed by atoms with Gasteiger partial charge in [0.25, 0.3) is 0 Å². The summed E-state index contributed by atoms with van der Waals surface area (Å²) in [6.07, 6.45) is 0. The van der Waals surface area contributed by atoms with Crippen LogP contribution in [0.2, 0.25) is 0 Å². The van der Waals surface area contributed by atoms with Crippen molar-refractivity contribution in [2.75, 3.05) is 0 Å². The van der Waals surface area contributed by atoms with Gasteiger partial charge in [-0.1, -0.05) is 60.7 Å². The summed E-state index contributed by atoms with van der Waals surface area (Å²) < 4.78 is 0. The fraction of sp³-hybridized carbons (Fsp3) is 0.154. The van der Waals surface area contributed by atoms with Crippen molar-refractivity contribution in [2.24, 2.45) is 0 Å². The highest BCUT2D eigenvalue weighted by molar-refractivity contribution is 6.22. The van der Waals surface area contributed by atoms with Gasteiger partial charge >= 0.3 is 0 Å². The second kappa shape index (κ2) is 5.32. The van der Waals surface area contributed by atoms with Gasteiger partial charge in [0, 0.05) is 0 Å². The van der Waals surface area contributed by atoms with Crippen LogP contribution in [-0.4, -0.2) is 0 Å². The fourth-order valence-electron chi connectivity index (χ4n) is 4.37. The highest BCUT2D eigenvalue weighted by Gasteiger charge is 2.10. The van der Waals surface area contributed by atoms with Crippen LogP contribution in [0.25, 0.3) is 43.1 Å². The van der Waals surface area contributed by atoms with Gasteiger partial charge in [0.05, 0.1) is 0 Å². The summed E-state index contributed by atoms with van der Waals surface area (Å²) in [4.78, 5) is 0. The van der Waals surface area contributed by atoms with Crippen LogP contribution in [-0.2, 0) is 0 Å². The third-order valence-electron chi connectivity index (χ3n) is 6.27. The number of benzene rings is 5. The minimum Gasteiger partial charge on any atom is -0.0584 e. The molecule has 0 fully saturated rings. The van der Waals surface area contributed by atoms with Crippen LogP contribution < -0.4 is 0 Å². The van der Waals surface area contributed by atoms with Crippen molar-refractivity contribution in [3.05, 3.63) is 82.9 Å². The molecular weight excluding hydrogens is 312 g/mol. The summed E-state index contributed by atoms with van der Waals surface area (Å²) in [5.74, 6) is 0. The zero-order valence-electron chi connectivity index (χ0n) is 15.8. The Balaban J connectivity index is 1.97. The third-order valence-corrected chi connectivity index (χ3v) is 6.27. The maximum absolute atomic E-state index is 2.31. The largest absolute Gasteiger partial charge is 0.0584 e. The van der Waals surface area contributed by atoms with Gasteiger partial charge in [-0.2, -0.15) is 0 Å². The van der Waals surface area contributed by atoms with Gasteiger partial charge in [0.2, 0.25) is 0 Å². The molecule has 0 aliphatic rings. The van der Waals surface area contributed by atoms with E-state index in [1.807, 2.05) is 0 Å². The Morgan fingerprint density at radius 3 is 0.885 bits per heavy atom. The van der Waals surface area contributed by atoms with Crippen LogP contribution in [0.1, 0.15) is 22.3 Å². The summed E-state index contributed by atoms with van der Waals surface area (Å²) in [7, 11) is 0. The molecule has 0 amide bonds. The number of hydrogen-bond acceptors (Lipinski definition) is 0. The van der Waals surface area contributed by atoms with Crippen LogP contribution in [0.5, 0.6) is 0 Å². The van der Waals surface area contributed by atoms with E-state index < -0.39 is 0 Å². The molecule has 0 saturated carbocycles. The van der Waals surface area contributed by atoms with E-state index in [2.05, 4.69) is 88.4 Å². The minimum atomic E-state index is 1.35. The monoisotopic (exact) mass is 334 g/mol. The van der Waals surface area contributed by atoms with Crippen LogP contribution >= 0.6 is 0 Å². The van der Waals surface area contributed by atoms with Gasteiger partial charge < -0.3 is 0 Å². The van der Waals surface area contributed by atoms with Crippen molar-refractivity contribution < 1.29 is 0 Å². The van der Waals surface area contributed by atoms with Gasteiger partial charge in [-0.3, -0.25) is 0 Å². The smallest absolute Gasteiger partial charge is 0.00987 e. The van der Waals surface area contributed by atoms with E-state index in [-0.39, 0.29) is 0 Å². The number of hydrogen-bond donors (Lipinski definition) is 0. The molecule has 0 saturated heterocycles. The Morgan fingerprint density at radius 1 is 0.308 bits per heavy atom. The highest BCUT2D eigenvalue weighted by Crippen LogP contribution is 2.36. The van der Waals surface area contributed by atoms with E-state index in [4.69, 9.17) is 0 Å². The predicted octanol–water partition coefficient (Wildman–Crippen LogP) is 7.53. The number of aryl methyl sites for hydroxylation is 4. The highest BCUT2D eigenvalue weighted by atomic mass is 14.1. The molecule has 0 aromatic heterocycles. The van der Waals surface area contributed by atoms with Gasteiger partial charge in [-0.15, -0.1) is 0 Å². The molecule has 0 aliphatic heterocycles. The van der Waals surface area contributed by atoms with Crippen molar-refractivity contribution in [1.82, 2.24) is 0 Å². The molecule has 26 heavy (non-hydrogen) atoms. The third kappa shape index (κ3) is 1.96. The lowest BCUT2D eigenvalue weighted by molar-refractivity contribution is 1.38. The van der Waals surface area contributed by atoms with Crippen LogP contribution in [0.3, 0.4) is 0 Å². The fourth-order valence-corrected chi connectivity index (χ4v) is 4.37. The first kappa shape index (κ1) is 15.4. The normalized spacial score (nSPS) is 11.8. The molecule has 0 heteroatoms. The van der Waals surface area contributed by atoms with E-state index in [1.54, 1.807) is 0 Å². The van der Waals surface area contributed by atoms with Crippen molar-refractivity contribution in [3.63, 3.8) is 0 Å². The van der Waals surface area contributed by atoms with E-state index in [0.717, 1.165) is 0 Å². The average Bonchev–Trinajstić information content (AvgIpc) is 2.66. The Kier molecular flexibility index (Phi) is 3.15. The molecule has 0 radical (unpaired) electrons. The molecule has 0 nitrogen and oxygen atoms in total. The molecule has 126 valence electrons. The quantitative estimate of drug-likeness (QED) is 0.257. The Morgan fingerprint density at radius 2 is 0.538 bits per heavy atom. The topological polar surface area (TPSA) is 0 Å². The van der Waals surface area contributed by atoms with Gasteiger partial charge in [-0.25, -0.2) is 0 Å². The van der Waals surface area contributed by atoms with Crippen molar-refractivity contribution >= 4 is 43.1 Å². The second-order valence-corrected chi connectivity index (χ2v) is 7.59. The molecule has 0 N–H and O–H groups in total. The number of rotatable bonds is 0. The van der Waals surface area contributed by atoms with Crippen molar-refractivity contribution in [3.8, 4) is 0 Å². The first-order valence-electron chi connectivity index (χ1n) is 9.30. The average molecular weight is 334 g/mol. The van der Waals surface area contributed by atoms with Crippen molar-refractivity contribution in [1.29, 1.82) is 0 Å². The summed E-state index contributed by atoms with van der Waals surface area (Å²) in [5.41, 5.74) is 5.48. The standard InChI is InChI=1S/C26H22/c1-15-5-7-21-19(17(15)3)9-11-25-23(21)13-14-24-22-8-6-16(2)18(4)20(22)10-12-26(24)25/h5-14H,1-4H3. The van der Waals surface area contributed by atoms with Crippen LogP contribution in [0.15, 0.2) is 60.7 Å². The minimum absolute atomic E-state index is 1.35. The number of fused-ring (bicyclic) bond motifs is 7. The molecule has 0 atom stereocenters. The molecule has 0 spiro atoms. The summed E-state index contributed by atoms with van der Waals surface area (Å²) >= 11 is 0. The maximum Gasteiger partial charge on any atom is -0.00987 e. The Hall–Kier alpha value is -2.86. The van der Waals surface area contributed by atoms with Crippen LogP contribution in [0, 0.1) is 27.7 Å². The summed E-state index contributed by atoms with van der Waals surface area (Å²) in [6, 6.07) is 22.9. The molecule has 0 bridgehead atoms. The first-order chi connectivity index (χ1) is 12.6.